The van der Waals surface area contributed by atoms with E-state index in [9.17, 15) is 4.79 Å². The van der Waals surface area contributed by atoms with Crippen LogP contribution in [0.1, 0.15) is 78.6 Å². The Morgan fingerprint density at radius 3 is 2.89 bits per heavy atom. The zero-order chi connectivity index (χ0) is 19.1. The Morgan fingerprint density at radius 1 is 1.25 bits per heavy atom. The molecule has 2 aliphatic rings. The second-order valence-electron chi connectivity index (χ2n) is 7.40. The van der Waals surface area contributed by atoms with E-state index in [-0.39, 0.29) is 12.0 Å². The van der Waals surface area contributed by atoms with Gasteiger partial charge in [-0.1, -0.05) is 24.2 Å². The minimum Gasteiger partial charge on any atom is -0.461 e. The van der Waals surface area contributed by atoms with Gasteiger partial charge in [0.15, 0.2) is 5.69 Å². The topological polar surface area (TPSA) is 72.6 Å². The number of imidazole rings is 1. The van der Waals surface area contributed by atoms with E-state index in [1.807, 2.05) is 4.52 Å². The number of fused-ring (bicyclic) bond motifs is 1. The molecule has 1 saturated heterocycles. The van der Waals surface area contributed by atoms with Crippen molar-refractivity contribution in [3.63, 3.8) is 0 Å². The van der Waals surface area contributed by atoms with Gasteiger partial charge in [-0.05, 0) is 32.6 Å². The van der Waals surface area contributed by atoms with Crippen LogP contribution in [0, 0.1) is 0 Å². The van der Waals surface area contributed by atoms with Crippen molar-refractivity contribution in [3.05, 3.63) is 28.0 Å². The smallest absolute Gasteiger partial charge is 0.357 e. The van der Waals surface area contributed by atoms with Crippen molar-refractivity contribution in [2.45, 2.75) is 57.4 Å². The van der Waals surface area contributed by atoms with Crippen molar-refractivity contribution in [1.29, 1.82) is 0 Å². The van der Waals surface area contributed by atoms with E-state index in [0.29, 0.717) is 18.2 Å². The Bertz CT molecular complexity index is 956. The van der Waals surface area contributed by atoms with Crippen molar-refractivity contribution in [2.75, 3.05) is 18.1 Å². The second-order valence-corrected chi connectivity index (χ2v) is 9.23. The lowest BCUT2D eigenvalue weighted by molar-refractivity contribution is 0.0520. The normalized spacial score (nSPS) is 20.5. The van der Waals surface area contributed by atoms with Gasteiger partial charge in [0.25, 0.3) is 0 Å². The third kappa shape index (κ3) is 3.20. The van der Waals surface area contributed by atoms with Crippen molar-refractivity contribution in [1.82, 2.24) is 19.6 Å². The third-order valence-electron chi connectivity index (χ3n) is 5.61. The first-order valence-electron chi connectivity index (χ1n) is 9.98. The number of carbonyl (C=O) groups is 1. The number of hydrogen-bond acceptors (Lipinski definition) is 8. The molecule has 0 radical (unpaired) electrons. The Labute approximate surface area is 171 Å². The fraction of sp³-hybridized carbons (Fsp3) is 0.579. The number of anilines is 1. The number of carbonyl (C=O) groups excluding carboxylic acids is 1. The molecule has 0 spiro atoms. The molecule has 1 atom stereocenters. The quantitative estimate of drug-likeness (QED) is 0.572. The van der Waals surface area contributed by atoms with Gasteiger partial charge in [-0.2, -0.15) is 0 Å². The van der Waals surface area contributed by atoms with E-state index in [4.69, 9.17) is 14.8 Å². The molecule has 3 aromatic heterocycles. The molecule has 1 unspecified atom stereocenters. The standard InChI is InChI=1S/C19H23N5O2S2/c1-2-26-17(25)14-11-27-16(20-14)15-8-5-9-23(15)19-22-24-10-13(21-18(24)28-19)12-6-3-4-7-12/h10-12,15H,2-9H2,1H3. The van der Waals surface area contributed by atoms with E-state index < -0.39 is 0 Å². The summed E-state index contributed by atoms with van der Waals surface area (Å²) in [5.41, 5.74) is 1.60. The summed E-state index contributed by atoms with van der Waals surface area (Å²) in [6, 6.07) is 0.165. The summed E-state index contributed by atoms with van der Waals surface area (Å²) >= 11 is 3.17. The molecule has 0 N–H and O–H groups in total. The number of esters is 1. The van der Waals surface area contributed by atoms with Crippen molar-refractivity contribution in [3.8, 4) is 0 Å². The van der Waals surface area contributed by atoms with Crippen LogP contribution in [-0.2, 0) is 4.74 Å². The highest BCUT2D eigenvalue weighted by atomic mass is 32.1. The van der Waals surface area contributed by atoms with E-state index in [0.717, 1.165) is 34.5 Å². The average Bonchev–Trinajstić information content (AvgIpc) is 3.49. The largest absolute Gasteiger partial charge is 0.461 e. The van der Waals surface area contributed by atoms with Gasteiger partial charge in [0.2, 0.25) is 10.1 Å². The summed E-state index contributed by atoms with van der Waals surface area (Å²) in [7, 11) is 0. The van der Waals surface area contributed by atoms with Gasteiger partial charge >= 0.3 is 5.97 Å². The molecule has 1 aliphatic carbocycles. The molecule has 7 nitrogen and oxygen atoms in total. The van der Waals surface area contributed by atoms with Gasteiger partial charge in [-0.25, -0.2) is 19.3 Å². The lowest BCUT2D eigenvalue weighted by Gasteiger charge is -2.21. The molecule has 3 aromatic rings. The maximum Gasteiger partial charge on any atom is 0.357 e. The summed E-state index contributed by atoms with van der Waals surface area (Å²) in [5, 5.41) is 8.56. The molecule has 0 bridgehead atoms. The molecule has 0 aromatic carbocycles. The highest BCUT2D eigenvalue weighted by molar-refractivity contribution is 7.20. The summed E-state index contributed by atoms with van der Waals surface area (Å²) < 4.78 is 7.01. The van der Waals surface area contributed by atoms with Crippen LogP contribution in [-0.4, -0.2) is 38.7 Å². The van der Waals surface area contributed by atoms with Gasteiger partial charge in [0, 0.05) is 17.8 Å². The van der Waals surface area contributed by atoms with Gasteiger partial charge in [0.05, 0.1) is 24.5 Å². The lowest BCUT2D eigenvalue weighted by Crippen LogP contribution is -2.22. The molecule has 5 rings (SSSR count). The Balaban J connectivity index is 1.37. The molecular weight excluding hydrogens is 394 g/mol. The summed E-state index contributed by atoms with van der Waals surface area (Å²) in [6.07, 6.45) is 9.34. The first-order chi connectivity index (χ1) is 13.7. The summed E-state index contributed by atoms with van der Waals surface area (Å²) in [5.74, 6) is 0.259. The van der Waals surface area contributed by atoms with Crippen molar-refractivity contribution >= 4 is 38.7 Å². The summed E-state index contributed by atoms with van der Waals surface area (Å²) in [4.78, 5) is 24.6. The van der Waals surface area contributed by atoms with E-state index in [1.165, 1.54) is 42.7 Å². The van der Waals surface area contributed by atoms with E-state index in [2.05, 4.69) is 16.1 Å². The Morgan fingerprint density at radius 2 is 2.11 bits per heavy atom. The first kappa shape index (κ1) is 18.1. The highest BCUT2D eigenvalue weighted by Gasteiger charge is 2.32. The third-order valence-corrected chi connectivity index (χ3v) is 7.52. The van der Waals surface area contributed by atoms with Crippen LogP contribution in [0.15, 0.2) is 11.6 Å². The molecule has 9 heteroatoms. The first-order valence-corrected chi connectivity index (χ1v) is 11.7. The van der Waals surface area contributed by atoms with Gasteiger partial charge in [0.1, 0.15) is 5.01 Å². The fourth-order valence-corrected chi connectivity index (χ4v) is 6.13. The van der Waals surface area contributed by atoms with Crippen LogP contribution in [0.2, 0.25) is 0 Å². The number of rotatable bonds is 5. The van der Waals surface area contributed by atoms with Crippen LogP contribution in [0.25, 0.3) is 4.96 Å². The van der Waals surface area contributed by atoms with Crippen LogP contribution in [0.5, 0.6) is 0 Å². The molecule has 1 saturated carbocycles. The second kappa shape index (κ2) is 7.44. The summed E-state index contributed by atoms with van der Waals surface area (Å²) in [6.45, 7) is 3.12. The Kier molecular flexibility index (Phi) is 4.80. The van der Waals surface area contributed by atoms with Crippen LogP contribution in [0.3, 0.4) is 0 Å². The predicted octanol–water partition coefficient (Wildman–Crippen LogP) is 4.42. The minimum absolute atomic E-state index is 0.165. The molecular formula is C19H23N5O2S2. The highest BCUT2D eigenvalue weighted by Crippen LogP contribution is 2.40. The minimum atomic E-state index is -0.346. The fourth-order valence-electron chi connectivity index (χ4n) is 4.23. The number of hydrogen-bond donors (Lipinski definition) is 0. The number of aromatic nitrogens is 4. The number of ether oxygens (including phenoxy) is 1. The molecule has 2 fully saturated rings. The molecule has 4 heterocycles. The van der Waals surface area contributed by atoms with Crippen LogP contribution >= 0.6 is 22.7 Å². The molecule has 0 amide bonds. The monoisotopic (exact) mass is 417 g/mol. The molecule has 1 aliphatic heterocycles. The van der Waals surface area contributed by atoms with E-state index >= 15 is 0 Å². The van der Waals surface area contributed by atoms with Gasteiger partial charge in [-0.3, -0.25) is 0 Å². The van der Waals surface area contributed by atoms with Crippen LogP contribution < -0.4 is 4.90 Å². The Hall–Kier alpha value is -2.00. The van der Waals surface area contributed by atoms with Crippen molar-refractivity contribution < 1.29 is 9.53 Å². The van der Waals surface area contributed by atoms with Gasteiger partial charge in [-0.15, -0.1) is 16.4 Å². The van der Waals surface area contributed by atoms with Crippen molar-refractivity contribution in [2.24, 2.45) is 0 Å². The SMILES string of the molecule is CCOC(=O)c1csc(C2CCCN2c2nn3cc(C4CCCC4)nc3s2)n1. The average molecular weight is 418 g/mol. The zero-order valence-electron chi connectivity index (χ0n) is 15.8. The predicted molar refractivity (Wildman–Crippen MR) is 109 cm³/mol. The maximum atomic E-state index is 11.9. The van der Waals surface area contributed by atoms with E-state index in [1.54, 1.807) is 23.6 Å². The zero-order valence-corrected chi connectivity index (χ0v) is 17.5. The number of thiazole rings is 1. The molecule has 148 valence electrons. The molecule has 28 heavy (non-hydrogen) atoms. The number of nitrogens with zero attached hydrogens (tertiary/aromatic N) is 5. The lowest BCUT2D eigenvalue weighted by atomic mass is 10.1. The van der Waals surface area contributed by atoms with Crippen LogP contribution in [0.4, 0.5) is 5.13 Å². The maximum absolute atomic E-state index is 11.9. The van der Waals surface area contributed by atoms with Gasteiger partial charge < -0.3 is 9.64 Å².